The number of rotatable bonds is 3. The number of hydrogen-bond acceptors (Lipinski definition) is 5. The van der Waals surface area contributed by atoms with Gasteiger partial charge in [-0.3, -0.25) is 10.2 Å². The van der Waals surface area contributed by atoms with Crippen LogP contribution in [0.1, 0.15) is 28.7 Å². The van der Waals surface area contributed by atoms with Crippen LogP contribution < -0.4 is 16.2 Å². The average molecular weight is 272 g/mol. The number of nitrogen functional groups attached to an aromatic ring is 1. The van der Waals surface area contributed by atoms with Crippen LogP contribution in [-0.4, -0.2) is 17.1 Å². The third kappa shape index (κ3) is 2.14. The molecule has 1 amide bonds. The van der Waals surface area contributed by atoms with Crippen molar-refractivity contribution in [3.05, 3.63) is 47.3 Å². The monoisotopic (exact) mass is 272 g/mol. The van der Waals surface area contributed by atoms with Crippen molar-refractivity contribution in [1.29, 1.82) is 0 Å². The summed E-state index contributed by atoms with van der Waals surface area (Å²) in [5, 5.41) is 3.72. The minimum Gasteiger partial charge on any atom is -0.361 e. The number of fused-ring (bicyclic) bond motifs is 1. The van der Waals surface area contributed by atoms with E-state index < -0.39 is 5.91 Å². The second-order valence-electron chi connectivity index (χ2n) is 4.96. The maximum absolute atomic E-state index is 11.4. The molecule has 0 aliphatic carbocycles. The van der Waals surface area contributed by atoms with Crippen LogP contribution in [0.5, 0.6) is 0 Å². The lowest BCUT2D eigenvalue weighted by atomic mass is 10.1. The van der Waals surface area contributed by atoms with E-state index in [1.165, 1.54) is 11.3 Å². The number of carbonyl (C=O) groups excluding carboxylic acids is 1. The second kappa shape index (κ2) is 4.97. The number of nitrogens with two attached hydrogens (primary N) is 1. The number of hydrazine groups is 1. The zero-order valence-electron chi connectivity index (χ0n) is 11.2. The van der Waals surface area contributed by atoms with Crippen molar-refractivity contribution in [2.45, 2.75) is 25.9 Å². The molecule has 0 spiro atoms. The van der Waals surface area contributed by atoms with Gasteiger partial charge in [-0.1, -0.05) is 23.4 Å². The largest absolute Gasteiger partial charge is 0.361 e. The van der Waals surface area contributed by atoms with E-state index in [1.807, 2.05) is 17.6 Å². The van der Waals surface area contributed by atoms with Gasteiger partial charge in [-0.2, -0.15) is 0 Å². The predicted octanol–water partition coefficient (Wildman–Crippen LogP) is 1.23. The molecule has 0 bridgehead atoms. The molecule has 20 heavy (non-hydrogen) atoms. The van der Waals surface area contributed by atoms with Crippen LogP contribution in [0.3, 0.4) is 0 Å². The van der Waals surface area contributed by atoms with Gasteiger partial charge in [-0.05, 0) is 25.0 Å². The Bertz CT molecular complexity index is 638. The van der Waals surface area contributed by atoms with Gasteiger partial charge in [0.05, 0.1) is 6.54 Å². The van der Waals surface area contributed by atoms with Crippen molar-refractivity contribution in [3.63, 3.8) is 0 Å². The van der Waals surface area contributed by atoms with Crippen LogP contribution in [-0.2, 0) is 13.0 Å². The number of para-hydroxylation sites is 1. The van der Waals surface area contributed by atoms with Crippen molar-refractivity contribution in [2.24, 2.45) is 5.84 Å². The van der Waals surface area contributed by atoms with Crippen LogP contribution >= 0.6 is 0 Å². The molecule has 1 atom stereocenters. The van der Waals surface area contributed by atoms with E-state index in [1.54, 1.807) is 6.07 Å². The van der Waals surface area contributed by atoms with Gasteiger partial charge in [-0.15, -0.1) is 0 Å². The minimum absolute atomic E-state index is 0.197. The lowest BCUT2D eigenvalue weighted by Crippen LogP contribution is -2.30. The topological polar surface area (TPSA) is 84.4 Å². The zero-order valence-corrected chi connectivity index (χ0v) is 11.2. The molecule has 2 heterocycles. The summed E-state index contributed by atoms with van der Waals surface area (Å²) < 4.78 is 5.20. The lowest BCUT2D eigenvalue weighted by Gasteiger charge is -2.23. The Kier molecular flexibility index (Phi) is 3.15. The van der Waals surface area contributed by atoms with Gasteiger partial charge in [0.25, 0.3) is 5.91 Å². The molecule has 1 aliphatic rings. The fourth-order valence-electron chi connectivity index (χ4n) is 2.61. The lowest BCUT2D eigenvalue weighted by molar-refractivity contribution is 0.0944. The van der Waals surface area contributed by atoms with Crippen molar-refractivity contribution in [2.75, 3.05) is 4.90 Å². The molecule has 6 nitrogen and oxygen atoms in total. The summed E-state index contributed by atoms with van der Waals surface area (Å²) in [5.74, 6) is 5.27. The van der Waals surface area contributed by atoms with E-state index in [9.17, 15) is 4.79 Å². The summed E-state index contributed by atoms with van der Waals surface area (Å²) in [6, 6.07) is 10.3. The highest BCUT2D eigenvalue weighted by atomic mass is 16.5. The highest BCUT2D eigenvalue weighted by Crippen LogP contribution is 2.33. The predicted molar refractivity (Wildman–Crippen MR) is 73.9 cm³/mol. The molecule has 1 unspecified atom stereocenters. The van der Waals surface area contributed by atoms with Crippen LogP contribution in [0.4, 0.5) is 5.69 Å². The first kappa shape index (κ1) is 12.7. The van der Waals surface area contributed by atoms with Crippen LogP contribution in [0.2, 0.25) is 0 Å². The molecular formula is C14H16N4O2. The Morgan fingerprint density at radius 3 is 3.15 bits per heavy atom. The Morgan fingerprint density at radius 1 is 1.55 bits per heavy atom. The number of nitrogens with zero attached hydrogens (tertiary/aromatic N) is 2. The van der Waals surface area contributed by atoms with E-state index in [4.69, 9.17) is 10.4 Å². The number of amides is 1. The van der Waals surface area contributed by atoms with Crippen molar-refractivity contribution in [3.8, 4) is 0 Å². The number of anilines is 1. The average Bonchev–Trinajstić information content (AvgIpc) is 3.04. The van der Waals surface area contributed by atoms with Gasteiger partial charge in [0.2, 0.25) is 0 Å². The molecule has 104 valence electrons. The zero-order chi connectivity index (χ0) is 14.1. The summed E-state index contributed by atoms with van der Waals surface area (Å²) in [7, 11) is 0. The van der Waals surface area contributed by atoms with E-state index in [2.05, 4.69) is 29.1 Å². The van der Waals surface area contributed by atoms with Gasteiger partial charge in [0.1, 0.15) is 0 Å². The maximum Gasteiger partial charge on any atom is 0.287 e. The second-order valence-corrected chi connectivity index (χ2v) is 4.96. The number of hydrogen-bond donors (Lipinski definition) is 2. The summed E-state index contributed by atoms with van der Waals surface area (Å²) in [5.41, 5.74) is 4.78. The van der Waals surface area contributed by atoms with Crippen molar-refractivity contribution < 1.29 is 9.32 Å². The highest BCUT2D eigenvalue weighted by Gasteiger charge is 2.26. The van der Waals surface area contributed by atoms with Gasteiger partial charge in [-0.25, -0.2) is 5.84 Å². The third-order valence-corrected chi connectivity index (χ3v) is 3.60. The maximum atomic E-state index is 11.4. The van der Waals surface area contributed by atoms with Gasteiger partial charge < -0.3 is 9.42 Å². The van der Waals surface area contributed by atoms with E-state index in [0.29, 0.717) is 18.3 Å². The summed E-state index contributed by atoms with van der Waals surface area (Å²) >= 11 is 0. The number of benzene rings is 1. The first-order valence-corrected chi connectivity index (χ1v) is 6.50. The molecule has 0 saturated carbocycles. The van der Waals surface area contributed by atoms with Gasteiger partial charge in [0, 0.05) is 17.8 Å². The van der Waals surface area contributed by atoms with E-state index in [0.717, 1.165) is 6.42 Å². The molecule has 0 saturated heterocycles. The first-order valence-electron chi connectivity index (χ1n) is 6.50. The fraction of sp³-hybridized carbons (Fsp3) is 0.286. The molecule has 0 fully saturated rings. The highest BCUT2D eigenvalue weighted by molar-refractivity contribution is 5.91. The van der Waals surface area contributed by atoms with Crippen LogP contribution in [0, 0.1) is 0 Å². The molecule has 6 heteroatoms. The first-order chi connectivity index (χ1) is 9.69. The van der Waals surface area contributed by atoms with E-state index >= 15 is 0 Å². The van der Waals surface area contributed by atoms with Crippen LogP contribution in [0.25, 0.3) is 0 Å². The summed E-state index contributed by atoms with van der Waals surface area (Å²) in [6.07, 6.45) is 1.01. The normalized spacial score (nSPS) is 17.1. The third-order valence-electron chi connectivity index (χ3n) is 3.60. The summed E-state index contributed by atoms with van der Waals surface area (Å²) in [6.45, 7) is 2.76. The fourth-order valence-corrected chi connectivity index (χ4v) is 2.61. The molecule has 2 aromatic rings. The quantitative estimate of drug-likeness (QED) is 0.499. The molecule has 3 rings (SSSR count). The summed E-state index contributed by atoms with van der Waals surface area (Å²) in [4.78, 5) is 13.6. The molecule has 0 radical (unpaired) electrons. The molecule has 1 aromatic carbocycles. The molecule has 1 aromatic heterocycles. The standard InChI is InChI=1S/C14H16N4O2/c1-9-6-10-4-2-3-5-13(10)18(9)8-11-7-12(17-20-11)14(19)16-15/h2-5,7,9H,6,8,15H2,1H3,(H,16,19). The van der Waals surface area contributed by atoms with E-state index in [-0.39, 0.29) is 5.69 Å². The number of aromatic nitrogens is 1. The Morgan fingerprint density at radius 2 is 2.35 bits per heavy atom. The van der Waals surface area contributed by atoms with Crippen LogP contribution in [0.15, 0.2) is 34.9 Å². The Balaban J connectivity index is 1.81. The Hall–Kier alpha value is -2.34. The smallest absolute Gasteiger partial charge is 0.287 e. The molecule has 1 aliphatic heterocycles. The molecular weight excluding hydrogens is 256 g/mol. The van der Waals surface area contributed by atoms with Gasteiger partial charge in [0.15, 0.2) is 11.5 Å². The minimum atomic E-state index is -0.449. The van der Waals surface area contributed by atoms with Crippen molar-refractivity contribution >= 4 is 11.6 Å². The number of carbonyl (C=O) groups is 1. The van der Waals surface area contributed by atoms with Gasteiger partial charge >= 0.3 is 0 Å². The van der Waals surface area contributed by atoms with Crippen molar-refractivity contribution in [1.82, 2.24) is 10.6 Å². The SMILES string of the molecule is CC1Cc2ccccc2N1Cc1cc(C(=O)NN)no1. The molecule has 3 N–H and O–H groups in total. The Labute approximate surface area is 116 Å². The number of nitrogens with one attached hydrogen (secondary N) is 1.